The first-order valence-corrected chi connectivity index (χ1v) is 6.29. The lowest BCUT2D eigenvalue weighted by molar-refractivity contribution is 0.121. The molecule has 1 rings (SSSR count). The summed E-state index contributed by atoms with van der Waals surface area (Å²) < 4.78 is 48.6. The number of hydrogen-bond donors (Lipinski definition) is 1. The summed E-state index contributed by atoms with van der Waals surface area (Å²) in [6.07, 6.45) is -0.561. The maximum atomic E-state index is 12.2. The van der Waals surface area contributed by atoms with Crippen LogP contribution in [0.25, 0.3) is 0 Å². The van der Waals surface area contributed by atoms with Gasteiger partial charge in [0.2, 0.25) is 10.0 Å². The zero-order valence-corrected chi connectivity index (χ0v) is 9.68. The first-order chi connectivity index (χ1) is 7.48. The van der Waals surface area contributed by atoms with Crippen molar-refractivity contribution in [2.75, 3.05) is 19.0 Å². The van der Waals surface area contributed by atoms with E-state index in [0.29, 0.717) is 4.31 Å². The lowest BCUT2D eigenvalue weighted by Gasteiger charge is -2.19. The summed E-state index contributed by atoms with van der Waals surface area (Å²) in [5.41, 5.74) is 0. The summed E-state index contributed by atoms with van der Waals surface area (Å²) in [4.78, 5) is -0.154. The van der Waals surface area contributed by atoms with Gasteiger partial charge in [-0.05, 0) is 0 Å². The van der Waals surface area contributed by atoms with E-state index in [0.717, 1.165) is 12.4 Å². The van der Waals surface area contributed by atoms with Gasteiger partial charge < -0.3 is 0 Å². The van der Waals surface area contributed by atoms with Gasteiger partial charge in [0, 0.05) is 18.6 Å². The van der Waals surface area contributed by atoms with Crippen LogP contribution in [0.5, 0.6) is 0 Å². The topological polar surface area (TPSA) is 66.1 Å². The highest BCUT2D eigenvalue weighted by Gasteiger charge is 2.27. The molecule has 1 N–H and O–H groups in total. The quantitative estimate of drug-likeness (QED) is 0.784. The molecule has 0 aliphatic rings. The van der Waals surface area contributed by atoms with Crippen LogP contribution in [0, 0.1) is 0 Å². The van der Waals surface area contributed by atoms with Crippen LogP contribution < -0.4 is 0 Å². The van der Waals surface area contributed by atoms with Gasteiger partial charge in [0.15, 0.2) is 0 Å². The first kappa shape index (κ1) is 13.3. The number of aromatic nitrogens is 2. The molecule has 92 valence electrons. The largest absolute Gasteiger partial charge is 0.284 e. The van der Waals surface area contributed by atoms with Crippen molar-refractivity contribution in [3.8, 4) is 0 Å². The van der Waals surface area contributed by atoms with Crippen LogP contribution in [-0.4, -0.2) is 48.3 Å². The zero-order valence-electron chi connectivity index (χ0n) is 8.11. The fourth-order valence-corrected chi connectivity index (χ4v) is 2.72. The van der Waals surface area contributed by atoms with Crippen LogP contribution in [0.3, 0.4) is 0 Å². The number of rotatable bonds is 6. The third-order valence-corrected chi connectivity index (χ3v) is 3.79. The molecule has 0 aliphatic heterocycles. The molecule has 1 heterocycles. The van der Waals surface area contributed by atoms with Gasteiger partial charge in [-0.15, -0.1) is 11.6 Å². The Balaban J connectivity index is 2.93. The van der Waals surface area contributed by atoms with Gasteiger partial charge in [-0.25, -0.2) is 17.2 Å². The second-order valence-corrected chi connectivity index (χ2v) is 5.19. The fraction of sp³-hybridized carbons (Fsp3) is 0.571. The molecule has 0 fully saturated rings. The maximum Gasteiger partial charge on any atom is 0.252 e. The predicted molar refractivity (Wildman–Crippen MR) is 54.1 cm³/mol. The summed E-state index contributed by atoms with van der Waals surface area (Å²) in [5.74, 6) is -0.0518. The Kier molecular flexibility index (Phi) is 4.63. The second kappa shape index (κ2) is 5.55. The number of hydrogen-bond acceptors (Lipinski definition) is 3. The normalized spacial score (nSPS) is 12.6. The molecule has 0 radical (unpaired) electrons. The molecule has 1 aromatic heterocycles. The van der Waals surface area contributed by atoms with E-state index in [1.165, 1.54) is 0 Å². The summed E-state index contributed by atoms with van der Waals surface area (Å²) in [5, 5.41) is 5.77. The van der Waals surface area contributed by atoms with E-state index in [4.69, 9.17) is 11.6 Å². The van der Waals surface area contributed by atoms with Crippen LogP contribution in [0.1, 0.15) is 0 Å². The third kappa shape index (κ3) is 3.13. The highest BCUT2D eigenvalue weighted by atomic mass is 35.5. The van der Waals surface area contributed by atoms with E-state index in [2.05, 4.69) is 10.2 Å². The molecule has 9 heteroatoms. The number of halogens is 3. The molecule has 5 nitrogen and oxygen atoms in total. The average molecular weight is 274 g/mol. The van der Waals surface area contributed by atoms with Crippen molar-refractivity contribution < 1.29 is 17.2 Å². The van der Waals surface area contributed by atoms with Gasteiger partial charge in [-0.1, -0.05) is 0 Å². The van der Waals surface area contributed by atoms with Crippen LogP contribution in [0.15, 0.2) is 17.3 Å². The lowest BCUT2D eigenvalue weighted by Crippen LogP contribution is -2.36. The number of alkyl halides is 3. The molecule has 0 amide bonds. The van der Waals surface area contributed by atoms with Gasteiger partial charge >= 0.3 is 0 Å². The van der Waals surface area contributed by atoms with Crippen molar-refractivity contribution in [2.24, 2.45) is 0 Å². The molecule has 0 atom stereocenters. The van der Waals surface area contributed by atoms with Crippen molar-refractivity contribution in [1.82, 2.24) is 14.5 Å². The van der Waals surface area contributed by atoms with E-state index in [1.807, 2.05) is 0 Å². The molecular weight excluding hydrogens is 264 g/mol. The molecule has 0 saturated carbocycles. The Hall–Kier alpha value is -0.730. The number of aromatic amines is 1. The van der Waals surface area contributed by atoms with E-state index in [1.54, 1.807) is 0 Å². The highest BCUT2D eigenvalue weighted by Crippen LogP contribution is 2.15. The minimum absolute atomic E-state index is 0.0518. The molecule has 16 heavy (non-hydrogen) atoms. The average Bonchev–Trinajstić information content (AvgIpc) is 2.69. The molecule has 0 saturated heterocycles. The Bertz CT molecular complexity index is 409. The third-order valence-electron chi connectivity index (χ3n) is 1.79. The van der Waals surface area contributed by atoms with E-state index < -0.39 is 23.0 Å². The SMILES string of the molecule is O=S(=O)(c1cn[nH]c1)N(CCCl)CC(F)F. The van der Waals surface area contributed by atoms with Crippen molar-refractivity contribution in [3.63, 3.8) is 0 Å². The predicted octanol–water partition coefficient (Wildman–Crippen LogP) is 0.904. The first-order valence-electron chi connectivity index (χ1n) is 4.31. The number of sulfonamides is 1. The number of H-pyrrole nitrogens is 1. The monoisotopic (exact) mass is 273 g/mol. The minimum Gasteiger partial charge on any atom is -0.284 e. The Morgan fingerprint density at radius 3 is 2.69 bits per heavy atom. The van der Waals surface area contributed by atoms with Crippen LogP contribution in [0.2, 0.25) is 0 Å². The minimum atomic E-state index is -3.94. The van der Waals surface area contributed by atoms with Gasteiger partial charge in [-0.2, -0.15) is 9.40 Å². The maximum absolute atomic E-state index is 12.2. The number of nitrogens with one attached hydrogen (secondary N) is 1. The molecule has 0 spiro atoms. The Morgan fingerprint density at radius 2 is 2.25 bits per heavy atom. The fourth-order valence-electron chi connectivity index (χ4n) is 1.09. The van der Waals surface area contributed by atoms with Crippen LogP contribution >= 0.6 is 11.6 Å². The summed E-state index contributed by atoms with van der Waals surface area (Å²) >= 11 is 5.37. The van der Waals surface area contributed by atoms with Crippen molar-refractivity contribution in [1.29, 1.82) is 0 Å². The zero-order chi connectivity index (χ0) is 12.2. The molecule has 0 unspecified atom stereocenters. The lowest BCUT2D eigenvalue weighted by atomic mass is 10.6. The number of nitrogens with zero attached hydrogens (tertiary/aromatic N) is 2. The van der Waals surface area contributed by atoms with E-state index in [9.17, 15) is 17.2 Å². The standard InChI is InChI=1S/C7H10ClF2N3O2S/c8-1-2-13(5-7(9)10)16(14,15)6-3-11-12-4-6/h3-4,7H,1-2,5H2,(H,11,12). The molecular formula is C7H10ClF2N3O2S. The van der Waals surface area contributed by atoms with Crippen LogP contribution in [-0.2, 0) is 10.0 Å². The van der Waals surface area contributed by atoms with Crippen molar-refractivity contribution in [3.05, 3.63) is 12.4 Å². The Morgan fingerprint density at radius 1 is 1.56 bits per heavy atom. The molecule has 0 aliphatic carbocycles. The van der Waals surface area contributed by atoms with E-state index >= 15 is 0 Å². The highest BCUT2D eigenvalue weighted by molar-refractivity contribution is 7.89. The van der Waals surface area contributed by atoms with Gasteiger partial charge in [0.05, 0.1) is 12.7 Å². The molecule has 0 aromatic carbocycles. The van der Waals surface area contributed by atoms with Gasteiger partial charge in [0.25, 0.3) is 6.43 Å². The smallest absolute Gasteiger partial charge is 0.252 e. The van der Waals surface area contributed by atoms with Crippen molar-refractivity contribution >= 4 is 21.6 Å². The van der Waals surface area contributed by atoms with Gasteiger partial charge in [0.1, 0.15) is 4.90 Å². The van der Waals surface area contributed by atoms with Crippen molar-refractivity contribution in [2.45, 2.75) is 11.3 Å². The van der Waals surface area contributed by atoms with Gasteiger partial charge in [-0.3, -0.25) is 5.10 Å². The summed E-state index contributed by atoms with van der Waals surface area (Å²) in [6.45, 7) is -1.04. The summed E-state index contributed by atoms with van der Waals surface area (Å²) in [6, 6.07) is 0. The molecule has 0 bridgehead atoms. The second-order valence-electron chi connectivity index (χ2n) is 2.88. The van der Waals surface area contributed by atoms with E-state index in [-0.39, 0.29) is 17.3 Å². The molecule has 1 aromatic rings. The van der Waals surface area contributed by atoms with Crippen LogP contribution in [0.4, 0.5) is 8.78 Å². The Labute approximate surface area is 96.4 Å². The summed E-state index contributed by atoms with van der Waals surface area (Å²) in [7, 11) is -3.94.